The van der Waals surface area contributed by atoms with Gasteiger partial charge in [-0.1, -0.05) is 24.3 Å². The van der Waals surface area contributed by atoms with Gasteiger partial charge >= 0.3 is 0 Å². The highest BCUT2D eigenvalue weighted by Gasteiger charge is 2.27. The van der Waals surface area contributed by atoms with Gasteiger partial charge in [0, 0.05) is 54.7 Å². The van der Waals surface area contributed by atoms with Crippen LogP contribution < -0.4 is 0 Å². The normalized spacial score (nSPS) is 17.6. The second-order valence-corrected chi connectivity index (χ2v) is 6.34. The number of hydrogen-bond acceptors (Lipinski definition) is 3. The van der Waals surface area contributed by atoms with Gasteiger partial charge < -0.3 is 9.47 Å². The molecule has 0 aliphatic carbocycles. The first-order chi connectivity index (χ1) is 12.3. The highest BCUT2D eigenvalue weighted by atomic mass is 16.2. The number of carbonyl (C=O) groups is 1. The lowest BCUT2D eigenvalue weighted by atomic mass is 10.1. The molecule has 1 amide bonds. The van der Waals surface area contributed by atoms with Crippen molar-refractivity contribution >= 4 is 22.9 Å². The van der Waals surface area contributed by atoms with E-state index in [-0.39, 0.29) is 11.9 Å². The lowest BCUT2D eigenvalue weighted by Gasteiger charge is -2.23. The van der Waals surface area contributed by atoms with Crippen LogP contribution >= 0.6 is 0 Å². The highest BCUT2D eigenvalue weighted by molar-refractivity contribution is 5.95. The largest absolute Gasteiger partial charge is 0.335 e. The van der Waals surface area contributed by atoms with Crippen LogP contribution in [0.25, 0.3) is 17.0 Å². The monoisotopic (exact) mass is 332 g/mol. The molecular weight excluding hydrogens is 312 g/mol. The summed E-state index contributed by atoms with van der Waals surface area (Å²) in [5.41, 5.74) is 1.89. The Morgan fingerprint density at radius 1 is 1.24 bits per heavy atom. The van der Waals surface area contributed by atoms with E-state index in [9.17, 15) is 4.79 Å². The van der Waals surface area contributed by atoms with Gasteiger partial charge in [-0.15, -0.1) is 0 Å². The molecule has 1 aliphatic heterocycles. The average Bonchev–Trinajstić information content (AvgIpc) is 3.32. The van der Waals surface area contributed by atoms with Gasteiger partial charge in [-0.25, -0.2) is 4.98 Å². The molecule has 0 spiro atoms. The molecule has 1 fully saturated rings. The zero-order valence-electron chi connectivity index (χ0n) is 14.0. The van der Waals surface area contributed by atoms with Gasteiger partial charge in [0.25, 0.3) is 0 Å². The molecule has 1 aromatic carbocycles. The van der Waals surface area contributed by atoms with Crippen molar-refractivity contribution in [3.8, 4) is 0 Å². The molecule has 3 aromatic rings. The first-order valence-electron chi connectivity index (χ1n) is 8.59. The van der Waals surface area contributed by atoms with E-state index in [0.717, 1.165) is 42.4 Å². The van der Waals surface area contributed by atoms with Gasteiger partial charge in [0.15, 0.2) is 0 Å². The highest BCUT2D eigenvalue weighted by Crippen LogP contribution is 2.21. The van der Waals surface area contributed by atoms with E-state index in [4.69, 9.17) is 0 Å². The van der Waals surface area contributed by atoms with E-state index in [0.29, 0.717) is 0 Å². The number of hydrogen-bond donors (Lipinski definition) is 0. The van der Waals surface area contributed by atoms with Gasteiger partial charge in [0.05, 0.1) is 11.8 Å². The predicted molar refractivity (Wildman–Crippen MR) is 97.7 cm³/mol. The van der Waals surface area contributed by atoms with Crippen LogP contribution in [0.2, 0.25) is 0 Å². The number of rotatable bonds is 4. The summed E-state index contributed by atoms with van der Waals surface area (Å²) < 4.78 is 2.04. The smallest absolute Gasteiger partial charge is 0.246 e. The number of para-hydroxylation sites is 1. The Morgan fingerprint density at radius 2 is 2.16 bits per heavy atom. The summed E-state index contributed by atoms with van der Waals surface area (Å²) in [5, 5.41) is 1.08. The van der Waals surface area contributed by atoms with Crippen molar-refractivity contribution in [3.63, 3.8) is 0 Å². The molecule has 0 N–H and O–H groups in total. The zero-order chi connectivity index (χ0) is 17.1. The van der Waals surface area contributed by atoms with Crippen LogP contribution in [0.5, 0.6) is 0 Å². The number of amides is 1. The van der Waals surface area contributed by atoms with E-state index >= 15 is 0 Å². The summed E-state index contributed by atoms with van der Waals surface area (Å²) in [7, 11) is 0. The molecule has 25 heavy (non-hydrogen) atoms. The number of pyridine rings is 1. The van der Waals surface area contributed by atoms with Gasteiger partial charge in [0.1, 0.15) is 0 Å². The van der Waals surface area contributed by atoms with E-state index < -0.39 is 0 Å². The third-order valence-corrected chi connectivity index (χ3v) is 4.71. The summed E-state index contributed by atoms with van der Waals surface area (Å²) >= 11 is 0. The zero-order valence-corrected chi connectivity index (χ0v) is 14.0. The van der Waals surface area contributed by atoms with Gasteiger partial charge in [-0.2, -0.15) is 0 Å². The molecule has 1 aliphatic rings. The number of likely N-dealkylation sites (tertiary alicyclic amines) is 1. The molecule has 126 valence electrons. The minimum atomic E-state index is 0.0653. The Bertz CT molecular complexity index is 896. The Hall–Kier alpha value is -2.95. The van der Waals surface area contributed by atoms with Crippen molar-refractivity contribution in [2.45, 2.75) is 25.4 Å². The Kier molecular flexibility index (Phi) is 4.29. The predicted octanol–water partition coefficient (Wildman–Crippen LogP) is 3.14. The van der Waals surface area contributed by atoms with Crippen LogP contribution in [0.15, 0.2) is 61.3 Å². The van der Waals surface area contributed by atoms with Crippen LogP contribution in [0.4, 0.5) is 0 Å². The van der Waals surface area contributed by atoms with Crippen LogP contribution in [-0.4, -0.2) is 37.9 Å². The standard InChI is InChI=1S/C20H20N4O/c25-19(24-12-3-7-18(24)14-23-13-11-21-15-23)9-8-17-5-1-4-16-6-2-10-22-20(16)17/h1-2,4-6,8-11,13,15,18H,3,7,12,14H2/b9-8+. The lowest BCUT2D eigenvalue weighted by molar-refractivity contribution is -0.126. The summed E-state index contributed by atoms with van der Waals surface area (Å²) in [4.78, 5) is 23.2. The average molecular weight is 332 g/mol. The number of aromatic nitrogens is 3. The Morgan fingerprint density at radius 3 is 3.04 bits per heavy atom. The van der Waals surface area contributed by atoms with E-state index in [1.165, 1.54) is 0 Å². The van der Waals surface area contributed by atoms with Crippen LogP contribution in [0.3, 0.4) is 0 Å². The Balaban J connectivity index is 1.51. The molecule has 3 heterocycles. The molecule has 4 rings (SSSR count). The topological polar surface area (TPSA) is 51.0 Å². The fraction of sp³-hybridized carbons (Fsp3) is 0.250. The van der Waals surface area contributed by atoms with Gasteiger partial charge in [0.2, 0.25) is 5.91 Å². The van der Waals surface area contributed by atoms with Crippen molar-refractivity contribution in [3.05, 3.63) is 66.9 Å². The van der Waals surface area contributed by atoms with Gasteiger partial charge in [-0.05, 0) is 25.0 Å². The fourth-order valence-corrected chi connectivity index (χ4v) is 3.47. The number of carbonyl (C=O) groups excluding carboxylic acids is 1. The summed E-state index contributed by atoms with van der Waals surface area (Å²) in [6.07, 6.45) is 12.9. The quantitative estimate of drug-likeness (QED) is 0.690. The first kappa shape index (κ1) is 15.6. The maximum atomic E-state index is 12.7. The molecule has 1 atom stereocenters. The maximum absolute atomic E-state index is 12.7. The molecule has 2 aromatic heterocycles. The SMILES string of the molecule is O=C(/C=C/c1cccc2cccnc12)N1CCCC1Cn1ccnc1. The van der Waals surface area contributed by atoms with Crippen LogP contribution in [0.1, 0.15) is 18.4 Å². The molecule has 1 unspecified atom stereocenters. The molecule has 5 heteroatoms. The Labute approximate surface area is 146 Å². The summed E-state index contributed by atoms with van der Waals surface area (Å²) in [6.45, 7) is 1.62. The molecule has 5 nitrogen and oxygen atoms in total. The second kappa shape index (κ2) is 6.89. The lowest BCUT2D eigenvalue weighted by Crippen LogP contribution is -2.36. The maximum Gasteiger partial charge on any atom is 0.246 e. The number of fused-ring (bicyclic) bond motifs is 1. The number of imidazole rings is 1. The molecule has 0 bridgehead atoms. The fourth-order valence-electron chi connectivity index (χ4n) is 3.47. The molecule has 1 saturated heterocycles. The van der Waals surface area contributed by atoms with Crippen molar-refractivity contribution < 1.29 is 4.79 Å². The third kappa shape index (κ3) is 3.31. The summed E-state index contributed by atoms with van der Waals surface area (Å²) in [6, 6.07) is 10.2. The van der Waals surface area contributed by atoms with E-state index in [2.05, 4.69) is 9.97 Å². The van der Waals surface area contributed by atoms with Gasteiger partial charge in [-0.3, -0.25) is 9.78 Å². The molecular formula is C20H20N4O. The van der Waals surface area contributed by atoms with E-state index in [1.807, 2.05) is 52.1 Å². The van der Waals surface area contributed by atoms with Crippen molar-refractivity contribution in [2.24, 2.45) is 0 Å². The molecule has 0 saturated carbocycles. The van der Waals surface area contributed by atoms with E-state index in [1.54, 1.807) is 24.8 Å². The van der Waals surface area contributed by atoms with Crippen molar-refractivity contribution in [1.29, 1.82) is 0 Å². The second-order valence-electron chi connectivity index (χ2n) is 6.34. The molecule has 0 radical (unpaired) electrons. The number of benzene rings is 1. The minimum absolute atomic E-state index is 0.0653. The third-order valence-electron chi connectivity index (χ3n) is 4.71. The first-order valence-corrected chi connectivity index (χ1v) is 8.59. The van der Waals surface area contributed by atoms with Crippen molar-refractivity contribution in [1.82, 2.24) is 19.4 Å². The van der Waals surface area contributed by atoms with Crippen LogP contribution in [0, 0.1) is 0 Å². The van der Waals surface area contributed by atoms with Crippen molar-refractivity contribution in [2.75, 3.05) is 6.54 Å². The van der Waals surface area contributed by atoms with Crippen LogP contribution in [-0.2, 0) is 11.3 Å². The number of nitrogens with zero attached hydrogens (tertiary/aromatic N) is 4. The summed E-state index contributed by atoms with van der Waals surface area (Å²) in [5.74, 6) is 0.0653. The minimum Gasteiger partial charge on any atom is -0.335 e.